The molecular weight excluding hydrogens is 143 g/mol. The first-order chi connectivity index (χ1) is 3.68. The van der Waals surface area contributed by atoms with Crippen molar-refractivity contribution in [2.24, 2.45) is 5.92 Å². The van der Waals surface area contributed by atoms with Crippen LogP contribution >= 0.6 is 0 Å². The van der Waals surface area contributed by atoms with Crippen LogP contribution in [0.1, 0.15) is 13.8 Å². The normalized spacial score (nSPS) is 9.67. The van der Waals surface area contributed by atoms with Crippen LogP contribution in [0.15, 0.2) is 12.3 Å². The zero-order valence-electron chi connectivity index (χ0n) is 5.09. The van der Waals surface area contributed by atoms with Crippen molar-refractivity contribution in [1.82, 2.24) is 0 Å². The van der Waals surface area contributed by atoms with Crippen LogP contribution in [0.2, 0.25) is 0 Å². The van der Waals surface area contributed by atoms with Crippen molar-refractivity contribution in [2.75, 3.05) is 0 Å². The number of rotatable bonds is 2. The molecule has 0 aromatic heterocycles. The van der Waals surface area contributed by atoms with E-state index in [1.165, 1.54) is 0 Å². The van der Waals surface area contributed by atoms with Gasteiger partial charge in [-0.05, 0) is 0 Å². The van der Waals surface area contributed by atoms with Gasteiger partial charge in [-0.25, -0.2) is 0 Å². The fourth-order valence-electron chi connectivity index (χ4n) is 0.266. The molecule has 0 aliphatic carbocycles. The van der Waals surface area contributed by atoms with E-state index in [-0.39, 0.29) is 63.1 Å². The molecule has 0 radical (unpaired) electrons. The number of carbonyl (C=O) groups is 1. The number of carbonyl (C=O) groups excluding carboxylic acids is 1. The van der Waals surface area contributed by atoms with Gasteiger partial charge in [-0.1, -0.05) is 13.8 Å². The van der Waals surface area contributed by atoms with Gasteiger partial charge < -0.3 is 5.11 Å². The van der Waals surface area contributed by atoms with Crippen molar-refractivity contribution in [2.45, 2.75) is 13.8 Å². The van der Waals surface area contributed by atoms with Crippen LogP contribution in [0.3, 0.4) is 0 Å². The second-order valence-corrected chi connectivity index (χ2v) is 1.87. The predicted octanol–water partition coefficient (Wildman–Crippen LogP) is 0.635. The molecule has 0 rings (SSSR count). The fourth-order valence-corrected chi connectivity index (χ4v) is 0.266. The average Bonchev–Trinajstić information content (AvgIpc) is 1.67. The Morgan fingerprint density at radius 1 is 1.56 bits per heavy atom. The molecule has 0 aromatic carbocycles. The molecule has 0 amide bonds. The first kappa shape index (κ1) is 12.5. The molecule has 0 atom stereocenters. The Hall–Kier alpha value is 0.846. The summed E-state index contributed by atoms with van der Waals surface area (Å²) >= 11 is 0. The Kier molecular flexibility index (Phi) is 9.68. The van der Waals surface area contributed by atoms with Crippen LogP contribution in [0.25, 0.3) is 0 Å². The topological polar surface area (TPSA) is 37.3 Å². The van der Waals surface area contributed by atoms with Crippen molar-refractivity contribution >= 4 is 57.2 Å². The zero-order chi connectivity index (χ0) is 6.57. The van der Waals surface area contributed by atoms with Gasteiger partial charge >= 0.3 is 51.4 Å². The van der Waals surface area contributed by atoms with Crippen molar-refractivity contribution in [3.05, 3.63) is 12.3 Å². The third kappa shape index (κ3) is 6.74. The van der Waals surface area contributed by atoms with E-state index >= 15 is 0 Å². The van der Waals surface area contributed by atoms with Crippen molar-refractivity contribution in [3.63, 3.8) is 0 Å². The zero-order valence-corrected chi connectivity index (χ0v) is 5.09. The summed E-state index contributed by atoms with van der Waals surface area (Å²) in [6, 6.07) is 0. The van der Waals surface area contributed by atoms with Gasteiger partial charge in [-0.2, -0.15) is 0 Å². The van der Waals surface area contributed by atoms with E-state index in [0.717, 1.165) is 12.3 Å². The van der Waals surface area contributed by atoms with Gasteiger partial charge in [-0.3, -0.25) is 4.79 Å². The molecule has 1 N–H and O–H groups in total. The third-order valence-corrected chi connectivity index (χ3v) is 0.808. The predicted molar refractivity (Wildman–Crippen MR) is 38.8 cm³/mol. The first-order valence-corrected chi connectivity index (χ1v) is 2.53. The van der Waals surface area contributed by atoms with E-state index in [4.69, 9.17) is 5.11 Å². The van der Waals surface area contributed by atoms with Crippen molar-refractivity contribution < 1.29 is 9.90 Å². The summed E-state index contributed by atoms with van der Waals surface area (Å²) in [6.45, 7) is 3.56. The van der Waals surface area contributed by atoms with E-state index < -0.39 is 0 Å². The van der Waals surface area contributed by atoms with Crippen molar-refractivity contribution in [1.29, 1.82) is 0 Å². The number of aliphatic hydroxyl groups excluding tert-OH is 1. The van der Waals surface area contributed by atoms with E-state index in [1.54, 1.807) is 13.8 Å². The number of hydrogen-bond acceptors (Lipinski definition) is 2. The molecule has 0 saturated heterocycles. The van der Waals surface area contributed by atoms with Crippen LogP contribution in [-0.2, 0) is 4.79 Å². The summed E-state index contributed by atoms with van der Waals surface area (Å²) in [6.07, 6.45) is 1.92. The maximum atomic E-state index is 10.5. The first-order valence-electron chi connectivity index (χ1n) is 2.53. The average molecular weight is 154 g/mol. The molecule has 0 unspecified atom stereocenters. The monoisotopic (exact) mass is 154 g/mol. The molecule has 0 bridgehead atoms. The molecular formula is C6H11KO2. The van der Waals surface area contributed by atoms with Crippen molar-refractivity contribution in [3.8, 4) is 0 Å². The molecule has 9 heavy (non-hydrogen) atoms. The Balaban J connectivity index is 0. The quantitative estimate of drug-likeness (QED) is 0.360. The number of ketones is 1. The second-order valence-electron chi connectivity index (χ2n) is 1.87. The van der Waals surface area contributed by atoms with Gasteiger partial charge in [0.2, 0.25) is 0 Å². The standard InChI is InChI=1S/C6H10O2.K.H/c1-5(2)6(8)3-4-7;;/h3-5,7H,1-2H3;;/b4-3+;;. The Morgan fingerprint density at radius 2 is 2.00 bits per heavy atom. The summed E-state index contributed by atoms with van der Waals surface area (Å²) in [7, 11) is 0. The fraction of sp³-hybridized carbons (Fsp3) is 0.500. The van der Waals surface area contributed by atoms with Gasteiger partial charge in [-0.15, -0.1) is 0 Å². The van der Waals surface area contributed by atoms with Crippen LogP contribution in [0.4, 0.5) is 0 Å². The SMILES string of the molecule is CC(C)C(=O)/C=C/O.[KH]. The van der Waals surface area contributed by atoms with Crippen LogP contribution in [0.5, 0.6) is 0 Å². The number of aliphatic hydroxyl groups is 1. The Labute approximate surface area is 97.8 Å². The van der Waals surface area contributed by atoms with Gasteiger partial charge in [0.25, 0.3) is 0 Å². The number of allylic oxidation sites excluding steroid dienone is 1. The maximum absolute atomic E-state index is 10.5. The molecule has 2 nitrogen and oxygen atoms in total. The van der Waals surface area contributed by atoms with E-state index in [1.807, 2.05) is 0 Å². The van der Waals surface area contributed by atoms with Gasteiger partial charge in [0, 0.05) is 12.0 Å². The van der Waals surface area contributed by atoms with E-state index in [9.17, 15) is 4.79 Å². The molecule has 3 heteroatoms. The van der Waals surface area contributed by atoms with Crippen LogP contribution in [-0.4, -0.2) is 62.3 Å². The van der Waals surface area contributed by atoms with E-state index in [0.29, 0.717) is 0 Å². The molecule has 48 valence electrons. The summed E-state index contributed by atoms with van der Waals surface area (Å²) < 4.78 is 0. The van der Waals surface area contributed by atoms with Gasteiger partial charge in [0.15, 0.2) is 5.78 Å². The summed E-state index contributed by atoms with van der Waals surface area (Å²) in [5.74, 6) is -0.0640. The van der Waals surface area contributed by atoms with Crippen LogP contribution in [0, 0.1) is 5.92 Å². The number of hydrogen-bond donors (Lipinski definition) is 1. The summed E-state index contributed by atoms with van der Waals surface area (Å²) in [5.41, 5.74) is 0. The van der Waals surface area contributed by atoms with Crippen LogP contribution < -0.4 is 0 Å². The van der Waals surface area contributed by atoms with Gasteiger partial charge in [0.1, 0.15) is 0 Å². The molecule has 0 saturated carbocycles. The molecule has 0 aliphatic heterocycles. The summed E-state index contributed by atoms with van der Waals surface area (Å²) in [5, 5.41) is 8.08. The minimum atomic E-state index is -0.0486. The Bertz CT molecular complexity index is 108. The molecule has 0 aromatic rings. The molecule has 0 aliphatic rings. The Morgan fingerprint density at radius 3 is 2.11 bits per heavy atom. The second kappa shape index (κ2) is 6.96. The summed E-state index contributed by atoms with van der Waals surface area (Å²) in [4.78, 5) is 10.5. The third-order valence-electron chi connectivity index (χ3n) is 0.808. The molecule has 0 spiro atoms. The minimum absolute atomic E-state index is 0. The van der Waals surface area contributed by atoms with Gasteiger partial charge in [0.05, 0.1) is 6.26 Å². The van der Waals surface area contributed by atoms with E-state index in [2.05, 4.69) is 0 Å². The molecule has 0 heterocycles. The molecule has 0 fully saturated rings.